The zero-order valence-corrected chi connectivity index (χ0v) is 18.3. The minimum atomic E-state index is -0.518. The van der Waals surface area contributed by atoms with Gasteiger partial charge < -0.3 is 9.80 Å². The molecule has 2 unspecified atom stereocenters. The number of piperazine rings is 1. The van der Waals surface area contributed by atoms with Crippen LogP contribution in [0.2, 0.25) is 0 Å². The van der Waals surface area contributed by atoms with Crippen molar-refractivity contribution in [2.24, 2.45) is 0 Å². The number of carbonyl (C=O) groups excluding carboxylic acids is 4. The molecule has 3 fully saturated rings. The van der Waals surface area contributed by atoms with Gasteiger partial charge in [-0.15, -0.1) is 0 Å². The number of amides is 4. The summed E-state index contributed by atoms with van der Waals surface area (Å²) in [6.45, 7) is 2.30. The van der Waals surface area contributed by atoms with Crippen molar-refractivity contribution in [2.75, 3.05) is 36.0 Å². The van der Waals surface area contributed by atoms with Gasteiger partial charge in [0.2, 0.25) is 11.8 Å². The molecule has 5 rings (SSSR count). The standard InChI is InChI=1S/C24H22F2N4O4/c25-15-1-5-17(6-2-15)29-21(31)13-19(23(29)33)27-9-11-28(12-10-27)20-14-22(32)30(24(20)34)18-7-3-16(26)4-8-18/h1-8,19-20H,9-14H2/p+2. The first-order valence-electron chi connectivity index (χ1n) is 11.3. The number of quaternary nitrogens is 2. The summed E-state index contributed by atoms with van der Waals surface area (Å²) in [4.78, 5) is 55.3. The van der Waals surface area contributed by atoms with E-state index in [-0.39, 0.29) is 36.5 Å². The lowest BCUT2D eigenvalue weighted by Crippen LogP contribution is -3.31. The average Bonchev–Trinajstić information content (AvgIpc) is 3.29. The molecule has 2 aromatic carbocycles. The Morgan fingerprint density at radius 3 is 1.24 bits per heavy atom. The van der Waals surface area contributed by atoms with Gasteiger partial charge in [0.05, 0.1) is 24.2 Å². The van der Waals surface area contributed by atoms with Crippen molar-refractivity contribution in [3.63, 3.8) is 0 Å². The van der Waals surface area contributed by atoms with Crippen LogP contribution >= 0.6 is 0 Å². The van der Waals surface area contributed by atoms with E-state index in [1.807, 2.05) is 0 Å². The van der Waals surface area contributed by atoms with Gasteiger partial charge in [-0.3, -0.25) is 19.2 Å². The molecule has 34 heavy (non-hydrogen) atoms. The molecule has 0 bridgehead atoms. The number of rotatable bonds is 4. The second-order valence-electron chi connectivity index (χ2n) is 8.92. The van der Waals surface area contributed by atoms with Crippen molar-refractivity contribution in [3.05, 3.63) is 60.2 Å². The Morgan fingerprint density at radius 2 is 0.912 bits per heavy atom. The Morgan fingerprint density at radius 1 is 0.588 bits per heavy atom. The lowest BCUT2D eigenvalue weighted by molar-refractivity contribution is -1.02. The van der Waals surface area contributed by atoms with E-state index >= 15 is 0 Å². The molecular formula is C24H24F2N4O4+2. The van der Waals surface area contributed by atoms with Crippen molar-refractivity contribution >= 4 is 35.0 Å². The molecule has 2 aromatic rings. The molecule has 2 atom stereocenters. The number of benzene rings is 2. The Kier molecular flexibility index (Phi) is 5.70. The van der Waals surface area contributed by atoms with Gasteiger partial charge in [0.15, 0.2) is 12.1 Å². The maximum atomic E-state index is 13.2. The molecule has 2 N–H and O–H groups in total. The minimum Gasteiger partial charge on any atom is -0.315 e. The smallest absolute Gasteiger partial charge is 0.292 e. The summed E-state index contributed by atoms with van der Waals surface area (Å²) >= 11 is 0. The predicted octanol–water partition coefficient (Wildman–Crippen LogP) is -1.29. The van der Waals surface area contributed by atoms with Crippen LogP contribution in [0.15, 0.2) is 48.5 Å². The van der Waals surface area contributed by atoms with Gasteiger partial charge in [0, 0.05) is 0 Å². The largest absolute Gasteiger partial charge is 0.315 e. The molecule has 0 radical (unpaired) electrons. The molecule has 176 valence electrons. The lowest BCUT2D eigenvalue weighted by atomic mass is 10.1. The van der Waals surface area contributed by atoms with Crippen LogP contribution in [-0.2, 0) is 19.2 Å². The van der Waals surface area contributed by atoms with E-state index in [0.29, 0.717) is 37.6 Å². The van der Waals surface area contributed by atoms with Gasteiger partial charge >= 0.3 is 0 Å². The summed E-state index contributed by atoms with van der Waals surface area (Å²) in [6, 6.07) is 9.50. The molecule has 8 nitrogen and oxygen atoms in total. The van der Waals surface area contributed by atoms with E-state index < -0.39 is 23.7 Å². The SMILES string of the molecule is O=C1CC([NH+]2CC[NH+](C3CC(=O)N(c4ccc(F)cc4)C3=O)CC2)C(=O)N1c1ccc(F)cc1. The number of carbonyl (C=O) groups is 4. The quantitative estimate of drug-likeness (QED) is 0.545. The molecule has 3 aliphatic rings. The number of nitrogens with zero attached hydrogens (tertiary/aromatic N) is 2. The molecule has 0 aliphatic carbocycles. The van der Waals surface area contributed by atoms with E-state index in [9.17, 15) is 28.0 Å². The Labute approximate surface area is 194 Å². The zero-order valence-electron chi connectivity index (χ0n) is 18.3. The van der Waals surface area contributed by atoms with Crippen LogP contribution in [-0.4, -0.2) is 61.9 Å². The van der Waals surface area contributed by atoms with Gasteiger partial charge in [-0.1, -0.05) is 0 Å². The van der Waals surface area contributed by atoms with E-state index in [1.54, 1.807) is 0 Å². The molecule has 10 heteroatoms. The van der Waals surface area contributed by atoms with Crippen LogP contribution in [0.25, 0.3) is 0 Å². The van der Waals surface area contributed by atoms with Gasteiger partial charge in [0.25, 0.3) is 11.8 Å². The van der Waals surface area contributed by atoms with Crippen LogP contribution < -0.4 is 19.6 Å². The highest BCUT2D eigenvalue weighted by Crippen LogP contribution is 2.23. The first-order chi connectivity index (χ1) is 16.3. The van der Waals surface area contributed by atoms with Gasteiger partial charge in [-0.05, 0) is 48.5 Å². The van der Waals surface area contributed by atoms with Crippen molar-refractivity contribution < 1.29 is 37.8 Å². The summed E-state index contributed by atoms with van der Waals surface area (Å²) < 4.78 is 26.5. The highest BCUT2D eigenvalue weighted by atomic mass is 19.1. The first kappa shape index (κ1) is 22.3. The number of hydrogen-bond donors (Lipinski definition) is 2. The average molecular weight is 470 g/mol. The summed E-state index contributed by atoms with van der Waals surface area (Å²) in [5, 5.41) is 0. The van der Waals surface area contributed by atoms with Crippen molar-refractivity contribution in [3.8, 4) is 0 Å². The molecule has 4 amide bonds. The Hall–Kier alpha value is -3.50. The maximum absolute atomic E-state index is 13.2. The normalized spacial score (nSPS) is 27.7. The van der Waals surface area contributed by atoms with Crippen molar-refractivity contribution in [2.45, 2.75) is 24.9 Å². The molecule has 0 spiro atoms. The number of hydrogen-bond acceptors (Lipinski definition) is 4. The number of imide groups is 2. The van der Waals surface area contributed by atoms with Gasteiger partial charge in [-0.25, -0.2) is 18.6 Å². The molecule has 3 saturated heterocycles. The highest BCUT2D eigenvalue weighted by molar-refractivity contribution is 6.22. The van der Waals surface area contributed by atoms with Crippen LogP contribution in [0.1, 0.15) is 12.8 Å². The monoisotopic (exact) mass is 470 g/mol. The molecule has 3 aliphatic heterocycles. The Balaban J connectivity index is 1.23. The topological polar surface area (TPSA) is 83.6 Å². The number of nitrogens with one attached hydrogen (secondary N) is 2. The third-order valence-corrected chi connectivity index (χ3v) is 6.98. The van der Waals surface area contributed by atoms with Crippen LogP contribution in [0.5, 0.6) is 0 Å². The summed E-state index contributed by atoms with van der Waals surface area (Å²) in [5.74, 6) is -2.11. The third-order valence-electron chi connectivity index (χ3n) is 6.98. The minimum absolute atomic E-state index is 0.0834. The summed E-state index contributed by atoms with van der Waals surface area (Å²) in [6.07, 6.45) is 0.167. The predicted molar refractivity (Wildman–Crippen MR) is 116 cm³/mol. The summed E-state index contributed by atoms with van der Waals surface area (Å²) in [5.41, 5.74) is 0.719. The van der Waals surface area contributed by atoms with Crippen LogP contribution in [0.4, 0.5) is 20.2 Å². The maximum Gasteiger partial charge on any atom is 0.292 e. The van der Waals surface area contributed by atoms with E-state index in [2.05, 4.69) is 0 Å². The van der Waals surface area contributed by atoms with E-state index in [0.717, 1.165) is 19.6 Å². The summed E-state index contributed by atoms with van der Waals surface area (Å²) in [7, 11) is 0. The number of anilines is 2. The molecule has 3 heterocycles. The third kappa shape index (κ3) is 3.88. The van der Waals surface area contributed by atoms with E-state index in [1.165, 1.54) is 48.5 Å². The fourth-order valence-corrected chi connectivity index (χ4v) is 5.21. The van der Waals surface area contributed by atoms with Crippen molar-refractivity contribution in [1.29, 1.82) is 0 Å². The zero-order chi connectivity index (χ0) is 24.0. The second kappa shape index (κ2) is 8.69. The first-order valence-corrected chi connectivity index (χ1v) is 11.3. The van der Waals surface area contributed by atoms with Crippen LogP contribution in [0.3, 0.4) is 0 Å². The molecular weight excluding hydrogens is 446 g/mol. The van der Waals surface area contributed by atoms with E-state index in [4.69, 9.17) is 0 Å². The molecule has 0 saturated carbocycles. The highest BCUT2D eigenvalue weighted by Gasteiger charge is 2.50. The molecule has 0 aromatic heterocycles. The fraction of sp³-hybridized carbons (Fsp3) is 0.333. The van der Waals surface area contributed by atoms with Gasteiger partial charge in [0.1, 0.15) is 37.8 Å². The number of halogens is 2. The van der Waals surface area contributed by atoms with Crippen molar-refractivity contribution in [1.82, 2.24) is 0 Å². The fourth-order valence-electron chi connectivity index (χ4n) is 5.21. The van der Waals surface area contributed by atoms with Gasteiger partial charge in [-0.2, -0.15) is 0 Å². The second-order valence-corrected chi connectivity index (χ2v) is 8.92. The van der Waals surface area contributed by atoms with Crippen LogP contribution in [0, 0.1) is 11.6 Å². The lowest BCUT2D eigenvalue weighted by Gasteiger charge is -2.34. The Bertz CT molecular complexity index is 1060.